The van der Waals surface area contributed by atoms with Gasteiger partial charge in [-0.05, 0) is 30.5 Å². The van der Waals surface area contributed by atoms with Crippen LogP contribution in [0.25, 0.3) is 0 Å². The van der Waals surface area contributed by atoms with Gasteiger partial charge in [0.1, 0.15) is 5.75 Å². The highest BCUT2D eigenvalue weighted by Crippen LogP contribution is 2.19. The zero-order valence-electron chi connectivity index (χ0n) is 10.8. The summed E-state index contributed by atoms with van der Waals surface area (Å²) in [5.41, 5.74) is 1.09. The molecule has 19 heavy (non-hydrogen) atoms. The van der Waals surface area contributed by atoms with Gasteiger partial charge in [-0.3, -0.25) is 9.59 Å². The third-order valence-corrected chi connectivity index (χ3v) is 4.08. The Bertz CT molecular complexity index is 458. The number of benzene rings is 1. The van der Waals surface area contributed by atoms with Crippen LogP contribution in [0.5, 0.6) is 5.75 Å². The zero-order valence-corrected chi connectivity index (χ0v) is 11.7. The summed E-state index contributed by atoms with van der Waals surface area (Å²) < 4.78 is 5.08. The number of carbonyl (C=O) groups is 2. The lowest BCUT2D eigenvalue weighted by Gasteiger charge is -2.10. The molecule has 1 atom stereocenters. The van der Waals surface area contributed by atoms with Crippen LogP contribution in [-0.4, -0.2) is 29.9 Å². The number of hydrogen-bond acceptors (Lipinski definition) is 4. The van der Waals surface area contributed by atoms with Gasteiger partial charge in [0.25, 0.3) is 0 Å². The Balaban J connectivity index is 1.77. The Kier molecular flexibility index (Phi) is 4.85. The Hall–Kier alpha value is -1.49. The molecule has 1 amide bonds. The van der Waals surface area contributed by atoms with Gasteiger partial charge in [0, 0.05) is 12.2 Å². The molecule has 1 saturated heterocycles. The van der Waals surface area contributed by atoms with Gasteiger partial charge in [-0.2, -0.15) is 0 Å². The summed E-state index contributed by atoms with van der Waals surface area (Å²) in [7, 11) is 1.62. The third kappa shape index (κ3) is 3.99. The summed E-state index contributed by atoms with van der Waals surface area (Å²) in [5, 5.41) is 2.87. The summed E-state index contributed by atoms with van der Waals surface area (Å²) >= 11 is 1.30. The van der Waals surface area contributed by atoms with E-state index in [2.05, 4.69) is 5.32 Å². The summed E-state index contributed by atoms with van der Waals surface area (Å²) in [5.74, 6) is 1.56. The lowest BCUT2D eigenvalue weighted by Crippen LogP contribution is -2.37. The molecule has 0 spiro atoms. The van der Waals surface area contributed by atoms with Crippen LogP contribution in [0.4, 0.5) is 0 Å². The first-order valence-electron chi connectivity index (χ1n) is 6.28. The molecule has 1 aliphatic rings. The van der Waals surface area contributed by atoms with Crippen LogP contribution in [0.1, 0.15) is 18.4 Å². The Morgan fingerprint density at radius 3 is 2.74 bits per heavy atom. The molecular weight excluding hydrogens is 262 g/mol. The highest BCUT2D eigenvalue weighted by Gasteiger charge is 2.26. The molecule has 1 heterocycles. The van der Waals surface area contributed by atoms with Gasteiger partial charge in [-0.25, -0.2) is 0 Å². The molecule has 0 radical (unpaired) electrons. The minimum atomic E-state index is -0.284. The van der Waals surface area contributed by atoms with Crippen LogP contribution in [0.3, 0.4) is 0 Å². The van der Waals surface area contributed by atoms with E-state index in [0.29, 0.717) is 12.8 Å². The van der Waals surface area contributed by atoms with E-state index in [1.165, 1.54) is 11.8 Å². The van der Waals surface area contributed by atoms with Gasteiger partial charge < -0.3 is 10.1 Å². The fraction of sp³-hybridized carbons (Fsp3) is 0.429. The predicted molar refractivity (Wildman–Crippen MR) is 75.3 cm³/mol. The molecule has 0 saturated carbocycles. The second kappa shape index (κ2) is 6.61. The van der Waals surface area contributed by atoms with Crippen LogP contribution in [0.2, 0.25) is 0 Å². The van der Waals surface area contributed by atoms with Crippen LogP contribution >= 0.6 is 11.8 Å². The molecule has 4 nitrogen and oxygen atoms in total. The molecule has 1 unspecified atom stereocenters. The fourth-order valence-electron chi connectivity index (χ4n) is 1.94. The molecule has 1 aromatic rings. The van der Waals surface area contributed by atoms with Crippen molar-refractivity contribution in [1.82, 2.24) is 5.32 Å². The Morgan fingerprint density at radius 1 is 1.42 bits per heavy atom. The summed E-state index contributed by atoms with van der Waals surface area (Å²) in [6, 6.07) is 7.37. The maximum Gasteiger partial charge on any atom is 0.220 e. The van der Waals surface area contributed by atoms with E-state index in [1.807, 2.05) is 24.3 Å². The zero-order chi connectivity index (χ0) is 13.7. The fourth-order valence-corrected chi connectivity index (χ4v) is 2.88. The number of rotatable bonds is 5. The van der Waals surface area contributed by atoms with Crippen molar-refractivity contribution in [2.75, 3.05) is 12.9 Å². The monoisotopic (exact) mass is 279 g/mol. The molecule has 1 N–H and O–H groups in total. The molecule has 102 valence electrons. The standard InChI is InChI=1S/C14H17NO3S/c1-18-11-5-2-10(3-6-11)4-7-13(16)15-12-8-9-19-14(12)17/h2-3,5-6,12H,4,7-9H2,1H3,(H,15,16). The van der Waals surface area contributed by atoms with Gasteiger partial charge in [0.15, 0.2) is 0 Å². The molecule has 0 bridgehead atoms. The van der Waals surface area contributed by atoms with Crippen molar-refractivity contribution in [3.63, 3.8) is 0 Å². The molecule has 1 aliphatic heterocycles. The lowest BCUT2D eigenvalue weighted by molar-refractivity contribution is -0.124. The van der Waals surface area contributed by atoms with Crippen molar-refractivity contribution < 1.29 is 14.3 Å². The topological polar surface area (TPSA) is 55.4 Å². The molecule has 0 aliphatic carbocycles. The highest BCUT2D eigenvalue weighted by atomic mass is 32.2. The summed E-state index contributed by atoms with van der Waals surface area (Å²) in [4.78, 5) is 23.1. The van der Waals surface area contributed by atoms with Crippen molar-refractivity contribution in [2.24, 2.45) is 0 Å². The number of thioether (sulfide) groups is 1. The second-order valence-corrected chi connectivity index (χ2v) is 5.52. The number of carbonyl (C=O) groups excluding carboxylic acids is 2. The van der Waals surface area contributed by atoms with Crippen molar-refractivity contribution in [1.29, 1.82) is 0 Å². The van der Waals surface area contributed by atoms with Crippen molar-refractivity contribution in [3.8, 4) is 5.75 Å². The van der Waals surface area contributed by atoms with Crippen molar-refractivity contribution in [3.05, 3.63) is 29.8 Å². The number of methoxy groups -OCH3 is 1. The average Bonchev–Trinajstić information content (AvgIpc) is 2.82. The number of aryl methyl sites for hydroxylation is 1. The second-order valence-electron chi connectivity index (χ2n) is 4.42. The maximum atomic E-state index is 11.7. The van der Waals surface area contributed by atoms with Gasteiger partial charge in [0.2, 0.25) is 11.0 Å². The van der Waals surface area contributed by atoms with E-state index in [1.54, 1.807) is 7.11 Å². The van der Waals surface area contributed by atoms with Gasteiger partial charge in [0.05, 0.1) is 13.2 Å². The number of amides is 1. The number of ether oxygens (including phenoxy) is 1. The van der Waals surface area contributed by atoms with E-state index >= 15 is 0 Å². The minimum absolute atomic E-state index is 0.0586. The minimum Gasteiger partial charge on any atom is -0.497 e. The van der Waals surface area contributed by atoms with Crippen LogP contribution in [-0.2, 0) is 16.0 Å². The van der Waals surface area contributed by atoms with Crippen molar-refractivity contribution >= 4 is 22.8 Å². The average molecular weight is 279 g/mol. The maximum absolute atomic E-state index is 11.7. The van der Waals surface area contributed by atoms with E-state index < -0.39 is 0 Å². The van der Waals surface area contributed by atoms with Crippen molar-refractivity contribution in [2.45, 2.75) is 25.3 Å². The molecule has 1 aromatic carbocycles. The lowest BCUT2D eigenvalue weighted by atomic mass is 10.1. The molecule has 1 fully saturated rings. The highest BCUT2D eigenvalue weighted by molar-refractivity contribution is 8.14. The quantitative estimate of drug-likeness (QED) is 0.892. The smallest absolute Gasteiger partial charge is 0.220 e. The Labute approximate surface area is 116 Å². The molecule has 2 rings (SSSR count). The molecule has 5 heteroatoms. The van der Waals surface area contributed by atoms with E-state index in [-0.39, 0.29) is 17.1 Å². The predicted octanol–water partition coefficient (Wildman–Crippen LogP) is 1.78. The Morgan fingerprint density at radius 2 is 2.16 bits per heavy atom. The van der Waals surface area contributed by atoms with Crippen LogP contribution in [0, 0.1) is 0 Å². The number of nitrogens with one attached hydrogen (secondary N) is 1. The first kappa shape index (κ1) is 13.9. The van der Waals surface area contributed by atoms with E-state index in [4.69, 9.17) is 4.74 Å². The third-order valence-electron chi connectivity index (χ3n) is 3.07. The SMILES string of the molecule is COc1ccc(CCC(=O)NC2CCSC2=O)cc1. The van der Waals surface area contributed by atoms with Gasteiger partial charge in [-0.1, -0.05) is 23.9 Å². The van der Waals surface area contributed by atoms with E-state index in [9.17, 15) is 9.59 Å². The largest absolute Gasteiger partial charge is 0.497 e. The number of hydrogen-bond donors (Lipinski definition) is 1. The first-order valence-corrected chi connectivity index (χ1v) is 7.26. The van der Waals surface area contributed by atoms with E-state index in [0.717, 1.165) is 23.5 Å². The van der Waals surface area contributed by atoms with Crippen LogP contribution in [0.15, 0.2) is 24.3 Å². The van der Waals surface area contributed by atoms with Gasteiger partial charge >= 0.3 is 0 Å². The van der Waals surface area contributed by atoms with Gasteiger partial charge in [-0.15, -0.1) is 0 Å². The normalized spacial score (nSPS) is 18.4. The molecule has 0 aromatic heterocycles. The first-order chi connectivity index (χ1) is 9.19. The summed E-state index contributed by atoms with van der Waals surface area (Å²) in [6.07, 6.45) is 1.82. The van der Waals surface area contributed by atoms with Crippen LogP contribution < -0.4 is 10.1 Å². The molecular formula is C14H17NO3S. The summed E-state index contributed by atoms with van der Waals surface area (Å²) in [6.45, 7) is 0.